The van der Waals surface area contributed by atoms with Crippen LogP contribution in [0.5, 0.6) is 0 Å². The highest BCUT2D eigenvalue weighted by Gasteiger charge is 2.42. The Morgan fingerprint density at radius 1 is 1.09 bits per heavy atom. The molecule has 4 rings (SSSR count). The Labute approximate surface area is 186 Å². The molecule has 0 bridgehead atoms. The van der Waals surface area contributed by atoms with Gasteiger partial charge in [0.05, 0.1) is 29.7 Å². The van der Waals surface area contributed by atoms with Gasteiger partial charge in [0, 0.05) is 13.1 Å². The average Bonchev–Trinajstić information content (AvgIpc) is 3.05. The summed E-state index contributed by atoms with van der Waals surface area (Å²) >= 11 is 0. The second kappa shape index (κ2) is 8.24. The molecule has 0 saturated carbocycles. The number of likely N-dealkylation sites (N-methyl/N-ethyl adjacent to an activating group) is 1. The smallest absolute Gasteiger partial charge is 0.337 e. The monoisotopic (exact) mass is 434 g/mol. The minimum atomic E-state index is -0.591. The summed E-state index contributed by atoms with van der Waals surface area (Å²) in [5, 5.41) is 0.463. The number of fused-ring (bicyclic) bond motifs is 2. The zero-order valence-corrected chi connectivity index (χ0v) is 18.9. The van der Waals surface area contributed by atoms with E-state index < -0.39 is 12.0 Å². The van der Waals surface area contributed by atoms with Crippen LogP contribution in [-0.2, 0) is 4.74 Å². The molecule has 3 aromatic rings. The minimum Gasteiger partial charge on any atom is -0.465 e. The Hall–Kier alpha value is -3.45. The third-order valence-electron chi connectivity index (χ3n) is 6.02. The van der Waals surface area contributed by atoms with Crippen molar-refractivity contribution in [2.24, 2.45) is 0 Å². The zero-order valence-electron chi connectivity index (χ0n) is 18.9. The van der Waals surface area contributed by atoms with Crippen LogP contribution in [0.1, 0.15) is 49.2 Å². The second-order valence-electron chi connectivity index (χ2n) is 8.42. The van der Waals surface area contributed by atoms with E-state index in [1.807, 2.05) is 45.0 Å². The lowest BCUT2D eigenvalue weighted by Crippen LogP contribution is -2.35. The summed E-state index contributed by atoms with van der Waals surface area (Å²) in [7, 11) is 5.18. The lowest BCUT2D eigenvalue weighted by molar-refractivity contribution is 0.0599. The molecule has 0 N–H and O–H groups in total. The first kappa shape index (κ1) is 21.8. The number of esters is 1. The highest BCUT2D eigenvalue weighted by Crippen LogP contribution is 2.38. The number of nitrogens with zero attached hydrogens (tertiary/aromatic N) is 2. The van der Waals surface area contributed by atoms with Crippen molar-refractivity contribution in [3.05, 3.63) is 80.2 Å². The third kappa shape index (κ3) is 3.58. The fraction of sp³-hybridized carbons (Fsp3) is 0.320. The fourth-order valence-corrected chi connectivity index (χ4v) is 4.08. The molecule has 0 fully saturated rings. The summed E-state index contributed by atoms with van der Waals surface area (Å²) in [6.07, 6.45) is 0. The van der Waals surface area contributed by atoms with Gasteiger partial charge in [-0.1, -0.05) is 12.1 Å². The molecule has 0 radical (unpaired) electrons. The SMILES string of the molecule is COC(=O)c1ccc(C2c3c(oc4cc(C)c(C)cc4c3=O)C(=O)N2CCN(C)C)cc1. The van der Waals surface area contributed by atoms with Crippen LogP contribution in [0.3, 0.4) is 0 Å². The van der Waals surface area contributed by atoms with Crippen LogP contribution >= 0.6 is 0 Å². The Balaban J connectivity index is 1.91. The van der Waals surface area contributed by atoms with Crippen molar-refractivity contribution in [2.45, 2.75) is 19.9 Å². The van der Waals surface area contributed by atoms with Gasteiger partial charge in [-0.15, -0.1) is 0 Å². The van der Waals surface area contributed by atoms with Gasteiger partial charge in [0.15, 0.2) is 5.43 Å². The molecule has 166 valence electrons. The number of carbonyl (C=O) groups is 2. The summed E-state index contributed by atoms with van der Waals surface area (Å²) in [6.45, 7) is 4.94. The van der Waals surface area contributed by atoms with Crippen molar-refractivity contribution in [3.63, 3.8) is 0 Å². The minimum absolute atomic E-state index is 0.0894. The number of aryl methyl sites for hydroxylation is 2. The molecular weight excluding hydrogens is 408 g/mol. The van der Waals surface area contributed by atoms with Crippen LogP contribution in [0.25, 0.3) is 11.0 Å². The van der Waals surface area contributed by atoms with Crippen LogP contribution in [0, 0.1) is 13.8 Å². The van der Waals surface area contributed by atoms with Gasteiger partial charge in [-0.25, -0.2) is 4.79 Å². The molecule has 1 aliphatic rings. The Kier molecular flexibility index (Phi) is 5.60. The Morgan fingerprint density at radius 2 is 1.75 bits per heavy atom. The van der Waals surface area contributed by atoms with Gasteiger partial charge in [0.25, 0.3) is 5.91 Å². The van der Waals surface area contributed by atoms with E-state index in [1.165, 1.54) is 7.11 Å². The van der Waals surface area contributed by atoms with Crippen molar-refractivity contribution in [2.75, 3.05) is 34.3 Å². The zero-order chi connectivity index (χ0) is 23.2. The van der Waals surface area contributed by atoms with Gasteiger partial charge < -0.3 is 19.0 Å². The van der Waals surface area contributed by atoms with E-state index in [9.17, 15) is 14.4 Å². The fourth-order valence-electron chi connectivity index (χ4n) is 4.08. The predicted octanol–water partition coefficient (Wildman–Crippen LogP) is 3.30. The maximum absolute atomic E-state index is 13.6. The summed E-state index contributed by atoms with van der Waals surface area (Å²) in [6, 6.07) is 9.83. The number of hydrogen-bond donors (Lipinski definition) is 0. The number of hydrogen-bond acceptors (Lipinski definition) is 6. The van der Waals surface area contributed by atoms with E-state index in [2.05, 4.69) is 0 Å². The van der Waals surface area contributed by atoms with Gasteiger partial charge in [0.1, 0.15) is 5.58 Å². The van der Waals surface area contributed by atoms with Crippen molar-refractivity contribution < 1.29 is 18.7 Å². The maximum Gasteiger partial charge on any atom is 0.337 e. The molecule has 1 aromatic heterocycles. The molecule has 1 amide bonds. The first-order chi connectivity index (χ1) is 15.2. The quantitative estimate of drug-likeness (QED) is 0.574. The number of rotatable bonds is 5. The number of amides is 1. The first-order valence-electron chi connectivity index (χ1n) is 10.4. The Bertz CT molecular complexity index is 1270. The molecule has 7 nitrogen and oxygen atoms in total. The molecular formula is C25H26N2O5. The van der Waals surface area contributed by atoms with E-state index in [0.717, 1.165) is 16.7 Å². The number of methoxy groups -OCH3 is 1. The number of carbonyl (C=O) groups excluding carboxylic acids is 2. The van der Waals surface area contributed by atoms with Crippen LogP contribution in [0.15, 0.2) is 45.6 Å². The molecule has 0 aliphatic carbocycles. The molecule has 0 spiro atoms. The largest absolute Gasteiger partial charge is 0.465 e. The Morgan fingerprint density at radius 3 is 2.38 bits per heavy atom. The van der Waals surface area contributed by atoms with Crippen LogP contribution in [0.4, 0.5) is 0 Å². The standard InChI is InChI=1S/C25H26N2O5/c1-14-12-18-19(13-15(14)2)32-23-20(22(18)28)21(27(24(23)29)11-10-26(3)4)16-6-8-17(9-7-16)25(30)31-5/h6-9,12-13,21H,10-11H2,1-5H3. The van der Waals surface area contributed by atoms with Crippen molar-refractivity contribution >= 4 is 22.8 Å². The molecule has 2 heterocycles. The molecule has 7 heteroatoms. The summed E-state index contributed by atoms with van der Waals surface area (Å²) < 4.78 is 10.8. The lowest BCUT2D eigenvalue weighted by atomic mass is 9.96. The van der Waals surface area contributed by atoms with E-state index >= 15 is 0 Å². The van der Waals surface area contributed by atoms with E-state index in [1.54, 1.807) is 29.2 Å². The predicted molar refractivity (Wildman–Crippen MR) is 121 cm³/mol. The maximum atomic E-state index is 13.6. The summed E-state index contributed by atoms with van der Waals surface area (Å²) in [5.74, 6) is -0.659. The molecule has 0 saturated heterocycles. The molecule has 1 atom stereocenters. The highest BCUT2D eigenvalue weighted by molar-refractivity contribution is 5.99. The van der Waals surface area contributed by atoms with Gasteiger partial charge in [-0.05, 0) is 68.9 Å². The number of benzene rings is 2. The van der Waals surface area contributed by atoms with Crippen LogP contribution < -0.4 is 5.43 Å². The number of ether oxygens (including phenoxy) is 1. The van der Waals surface area contributed by atoms with Crippen molar-refractivity contribution in [3.8, 4) is 0 Å². The van der Waals surface area contributed by atoms with Crippen LogP contribution in [0.2, 0.25) is 0 Å². The third-order valence-corrected chi connectivity index (χ3v) is 6.02. The van der Waals surface area contributed by atoms with E-state index in [-0.39, 0.29) is 17.1 Å². The summed E-state index contributed by atoms with van der Waals surface area (Å²) in [5.41, 5.74) is 3.67. The van der Waals surface area contributed by atoms with Crippen molar-refractivity contribution in [1.29, 1.82) is 0 Å². The molecule has 1 unspecified atom stereocenters. The van der Waals surface area contributed by atoms with Gasteiger partial charge in [0.2, 0.25) is 5.76 Å². The molecule has 32 heavy (non-hydrogen) atoms. The topological polar surface area (TPSA) is 80.1 Å². The normalized spacial score (nSPS) is 15.5. The van der Waals surface area contributed by atoms with Crippen molar-refractivity contribution in [1.82, 2.24) is 9.80 Å². The van der Waals surface area contributed by atoms with Gasteiger partial charge in [-0.2, -0.15) is 0 Å². The average molecular weight is 434 g/mol. The lowest BCUT2D eigenvalue weighted by Gasteiger charge is -2.26. The van der Waals surface area contributed by atoms with E-state index in [0.29, 0.717) is 35.2 Å². The van der Waals surface area contributed by atoms with Gasteiger partial charge >= 0.3 is 5.97 Å². The molecule has 2 aromatic carbocycles. The molecule has 1 aliphatic heterocycles. The van der Waals surface area contributed by atoms with E-state index in [4.69, 9.17) is 9.15 Å². The second-order valence-corrected chi connectivity index (χ2v) is 8.42. The first-order valence-corrected chi connectivity index (χ1v) is 10.4. The summed E-state index contributed by atoms with van der Waals surface area (Å²) in [4.78, 5) is 42.4. The van der Waals surface area contributed by atoms with Crippen LogP contribution in [-0.4, -0.2) is 56.0 Å². The van der Waals surface area contributed by atoms with Gasteiger partial charge in [-0.3, -0.25) is 9.59 Å². The highest BCUT2D eigenvalue weighted by atomic mass is 16.5.